The van der Waals surface area contributed by atoms with Gasteiger partial charge in [0.05, 0.1) is 6.61 Å². The summed E-state index contributed by atoms with van der Waals surface area (Å²) >= 11 is 0. The summed E-state index contributed by atoms with van der Waals surface area (Å²) < 4.78 is 0. The van der Waals surface area contributed by atoms with Gasteiger partial charge >= 0.3 is 0 Å². The Morgan fingerprint density at radius 2 is 2.24 bits per heavy atom. The lowest BCUT2D eigenvalue weighted by atomic mass is 9.94. The molecule has 0 saturated carbocycles. The number of aryl methyl sites for hydroxylation is 2. The van der Waals surface area contributed by atoms with Gasteiger partial charge in [-0.2, -0.15) is 0 Å². The molecule has 0 saturated heterocycles. The van der Waals surface area contributed by atoms with Crippen LogP contribution in [0.15, 0.2) is 6.07 Å². The summed E-state index contributed by atoms with van der Waals surface area (Å²) in [6.45, 7) is 2.52. The highest BCUT2D eigenvalue weighted by Crippen LogP contribution is 2.24. The van der Waals surface area contributed by atoms with Crippen LogP contribution in [0, 0.1) is 0 Å². The topological polar surface area (TPSA) is 71.2 Å². The molecule has 2 rings (SSSR count). The first kappa shape index (κ1) is 12.3. The van der Waals surface area contributed by atoms with Crippen molar-refractivity contribution in [2.24, 2.45) is 5.73 Å². The summed E-state index contributed by atoms with van der Waals surface area (Å²) in [4.78, 5) is 4.67. The molecule has 1 atom stereocenters. The van der Waals surface area contributed by atoms with E-state index < -0.39 is 0 Å². The maximum absolute atomic E-state index is 9.08. The van der Waals surface area contributed by atoms with Crippen LogP contribution in [0.25, 0.3) is 0 Å². The standard InChI is InChI=1S/C13H21N3O/c1-9(8-17)15-13-11(7-14)6-10-4-2-3-5-12(10)16-13/h6,9,17H,2-5,7-8,14H2,1H3,(H,15,16). The van der Waals surface area contributed by atoms with Gasteiger partial charge in [-0.3, -0.25) is 0 Å². The van der Waals surface area contributed by atoms with Gasteiger partial charge in [-0.15, -0.1) is 0 Å². The van der Waals surface area contributed by atoms with Gasteiger partial charge in [0, 0.05) is 23.8 Å². The van der Waals surface area contributed by atoms with E-state index in [2.05, 4.69) is 16.4 Å². The first-order valence-electron chi connectivity index (χ1n) is 6.33. The third kappa shape index (κ3) is 2.76. The van der Waals surface area contributed by atoms with E-state index in [-0.39, 0.29) is 12.6 Å². The number of fused-ring (bicyclic) bond motifs is 1. The van der Waals surface area contributed by atoms with E-state index in [1.54, 1.807) is 0 Å². The molecule has 4 nitrogen and oxygen atoms in total. The molecule has 0 amide bonds. The van der Waals surface area contributed by atoms with Crippen molar-refractivity contribution in [1.29, 1.82) is 0 Å². The molecule has 0 bridgehead atoms. The van der Waals surface area contributed by atoms with Crippen molar-refractivity contribution in [2.45, 2.75) is 45.2 Å². The second kappa shape index (κ2) is 5.47. The lowest BCUT2D eigenvalue weighted by molar-refractivity contribution is 0.281. The highest BCUT2D eigenvalue weighted by molar-refractivity contribution is 5.48. The number of hydrogen-bond donors (Lipinski definition) is 3. The molecule has 17 heavy (non-hydrogen) atoms. The summed E-state index contributed by atoms with van der Waals surface area (Å²) in [6, 6.07) is 2.18. The number of aromatic nitrogens is 1. The number of nitrogens with one attached hydrogen (secondary N) is 1. The Kier molecular flexibility index (Phi) is 3.97. The van der Waals surface area contributed by atoms with Gasteiger partial charge in [0.1, 0.15) is 5.82 Å². The summed E-state index contributed by atoms with van der Waals surface area (Å²) in [7, 11) is 0. The summed E-state index contributed by atoms with van der Waals surface area (Å²) in [5.74, 6) is 0.842. The molecular weight excluding hydrogens is 214 g/mol. The fourth-order valence-corrected chi connectivity index (χ4v) is 2.24. The second-order valence-electron chi connectivity index (χ2n) is 4.74. The molecule has 0 radical (unpaired) electrons. The van der Waals surface area contributed by atoms with Gasteiger partial charge in [-0.25, -0.2) is 4.98 Å². The van der Waals surface area contributed by atoms with Crippen molar-refractivity contribution in [3.63, 3.8) is 0 Å². The molecular formula is C13H21N3O. The SMILES string of the molecule is CC(CO)Nc1nc2c(cc1CN)CCCC2. The summed E-state index contributed by atoms with van der Waals surface area (Å²) in [5, 5.41) is 12.3. The number of nitrogens with two attached hydrogens (primary N) is 1. The van der Waals surface area contributed by atoms with Crippen LogP contribution in [0.3, 0.4) is 0 Å². The Bertz CT molecular complexity index is 392. The molecule has 1 aromatic rings. The van der Waals surface area contributed by atoms with Gasteiger partial charge in [0.2, 0.25) is 0 Å². The Morgan fingerprint density at radius 3 is 2.94 bits per heavy atom. The Labute approximate surface area is 102 Å². The van der Waals surface area contributed by atoms with Gasteiger partial charge < -0.3 is 16.2 Å². The van der Waals surface area contributed by atoms with Crippen molar-refractivity contribution in [1.82, 2.24) is 4.98 Å². The average molecular weight is 235 g/mol. The zero-order chi connectivity index (χ0) is 12.3. The molecule has 4 heteroatoms. The Balaban J connectivity index is 2.29. The van der Waals surface area contributed by atoms with Crippen LogP contribution in [0.5, 0.6) is 0 Å². The van der Waals surface area contributed by atoms with Gasteiger partial charge in [0.15, 0.2) is 0 Å². The van der Waals surface area contributed by atoms with E-state index in [4.69, 9.17) is 10.8 Å². The highest BCUT2D eigenvalue weighted by atomic mass is 16.3. The van der Waals surface area contributed by atoms with Crippen LogP contribution in [-0.2, 0) is 19.4 Å². The zero-order valence-electron chi connectivity index (χ0n) is 10.4. The van der Waals surface area contributed by atoms with Gasteiger partial charge in [-0.1, -0.05) is 0 Å². The smallest absolute Gasteiger partial charge is 0.131 e. The molecule has 0 spiro atoms. The molecule has 1 aliphatic rings. The number of pyridine rings is 1. The van der Waals surface area contributed by atoms with Crippen molar-refractivity contribution < 1.29 is 5.11 Å². The highest BCUT2D eigenvalue weighted by Gasteiger charge is 2.15. The van der Waals surface area contributed by atoms with Crippen molar-refractivity contribution >= 4 is 5.82 Å². The van der Waals surface area contributed by atoms with Crippen LogP contribution in [-0.4, -0.2) is 22.7 Å². The molecule has 1 unspecified atom stereocenters. The van der Waals surface area contributed by atoms with Gasteiger partial charge in [0.25, 0.3) is 0 Å². The number of nitrogens with zero attached hydrogens (tertiary/aromatic N) is 1. The number of aliphatic hydroxyl groups excluding tert-OH is 1. The fourth-order valence-electron chi connectivity index (χ4n) is 2.24. The zero-order valence-corrected chi connectivity index (χ0v) is 10.4. The molecule has 1 aliphatic carbocycles. The minimum atomic E-state index is 0.00874. The number of hydrogen-bond acceptors (Lipinski definition) is 4. The van der Waals surface area contributed by atoms with E-state index in [9.17, 15) is 0 Å². The van der Waals surface area contributed by atoms with E-state index in [1.165, 1.54) is 24.1 Å². The second-order valence-corrected chi connectivity index (χ2v) is 4.74. The lowest BCUT2D eigenvalue weighted by Crippen LogP contribution is -2.23. The maximum atomic E-state index is 9.08. The normalized spacial score (nSPS) is 16.4. The minimum Gasteiger partial charge on any atom is -0.394 e. The molecule has 0 aliphatic heterocycles. The average Bonchev–Trinajstić information content (AvgIpc) is 2.37. The van der Waals surface area contributed by atoms with Crippen LogP contribution in [0.1, 0.15) is 36.6 Å². The summed E-state index contributed by atoms with van der Waals surface area (Å²) in [6.07, 6.45) is 4.64. The summed E-state index contributed by atoms with van der Waals surface area (Å²) in [5.41, 5.74) is 9.35. The minimum absolute atomic E-state index is 0.00874. The predicted molar refractivity (Wildman–Crippen MR) is 68.9 cm³/mol. The molecule has 1 heterocycles. The van der Waals surface area contributed by atoms with Crippen LogP contribution >= 0.6 is 0 Å². The van der Waals surface area contributed by atoms with E-state index in [0.717, 1.165) is 24.2 Å². The molecule has 0 aromatic carbocycles. The van der Waals surface area contributed by atoms with E-state index in [0.29, 0.717) is 6.54 Å². The van der Waals surface area contributed by atoms with Crippen molar-refractivity contribution in [2.75, 3.05) is 11.9 Å². The first-order valence-corrected chi connectivity index (χ1v) is 6.33. The third-order valence-corrected chi connectivity index (χ3v) is 3.26. The fraction of sp³-hybridized carbons (Fsp3) is 0.615. The predicted octanol–water partition coefficient (Wildman–Crippen LogP) is 1.21. The lowest BCUT2D eigenvalue weighted by Gasteiger charge is -2.20. The molecule has 94 valence electrons. The number of rotatable bonds is 4. The maximum Gasteiger partial charge on any atom is 0.131 e. The van der Waals surface area contributed by atoms with Gasteiger partial charge in [-0.05, 0) is 44.2 Å². The van der Waals surface area contributed by atoms with E-state index in [1.807, 2.05) is 6.92 Å². The van der Waals surface area contributed by atoms with Crippen LogP contribution in [0.2, 0.25) is 0 Å². The number of anilines is 1. The van der Waals surface area contributed by atoms with Crippen LogP contribution < -0.4 is 11.1 Å². The Hall–Kier alpha value is -1.13. The number of aliphatic hydroxyl groups is 1. The Morgan fingerprint density at radius 1 is 1.47 bits per heavy atom. The molecule has 1 aromatic heterocycles. The van der Waals surface area contributed by atoms with Crippen molar-refractivity contribution in [3.8, 4) is 0 Å². The van der Waals surface area contributed by atoms with E-state index >= 15 is 0 Å². The largest absolute Gasteiger partial charge is 0.394 e. The monoisotopic (exact) mass is 235 g/mol. The molecule has 0 fully saturated rings. The third-order valence-electron chi connectivity index (χ3n) is 3.26. The quantitative estimate of drug-likeness (QED) is 0.733. The van der Waals surface area contributed by atoms with Crippen LogP contribution in [0.4, 0.5) is 5.82 Å². The van der Waals surface area contributed by atoms with Crippen molar-refractivity contribution in [3.05, 3.63) is 22.9 Å². The first-order chi connectivity index (χ1) is 8.24. The molecule has 4 N–H and O–H groups in total.